The minimum Gasteiger partial charge on any atom is -0.504 e. The SMILES string of the molecule is COc1ccc(CN2CCC(NC(=O)C[C@H](c3ccc(O)c(OC)c3)c3oc(C)cc(=O)c3O)CC2)cc1. The molecule has 3 aromatic rings. The van der Waals surface area contributed by atoms with E-state index in [1.165, 1.54) is 24.8 Å². The van der Waals surface area contributed by atoms with E-state index in [1.807, 2.05) is 12.1 Å². The number of aryl methyl sites for hydroxylation is 1. The molecule has 202 valence electrons. The molecule has 1 aromatic heterocycles. The van der Waals surface area contributed by atoms with Crippen LogP contribution in [0.25, 0.3) is 0 Å². The van der Waals surface area contributed by atoms with E-state index in [-0.39, 0.29) is 35.6 Å². The Kier molecular flexibility index (Phi) is 8.58. The zero-order valence-electron chi connectivity index (χ0n) is 21.9. The molecule has 2 aromatic carbocycles. The molecule has 1 aliphatic rings. The second-order valence-electron chi connectivity index (χ2n) is 9.59. The third kappa shape index (κ3) is 6.47. The van der Waals surface area contributed by atoms with Gasteiger partial charge in [-0.05, 0) is 55.2 Å². The zero-order chi connectivity index (χ0) is 27.2. The number of benzene rings is 2. The van der Waals surface area contributed by atoms with Gasteiger partial charge in [-0.2, -0.15) is 0 Å². The molecule has 1 fully saturated rings. The summed E-state index contributed by atoms with van der Waals surface area (Å²) in [6.07, 6.45) is 1.56. The number of phenolic OH excluding ortho intramolecular Hbond substituents is 1. The van der Waals surface area contributed by atoms with Gasteiger partial charge in [-0.3, -0.25) is 14.5 Å². The average Bonchev–Trinajstić information content (AvgIpc) is 2.91. The molecule has 1 aliphatic heterocycles. The number of carbonyl (C=O) groups is 1. The van der Waals surface area contributed by atoms with E-state index in [1.54, 1.807) is 26.2 Å². The van der Waals surface area contributed by atoms with Crippen molar-refractivity contribution in [1.82, 2.24) is 10.2 Å². The van der Waals surface area contributed by atoms with Crippen LogP contribution in [0.3, 0.4) is 0 Å². The first-order valence-corrected chi connectivity index (χ1v) is 12.6. The first-order valence-electron chi connectivity index (χ1n) is 12.6. The first kappa shape index (κ1) is 27.1. The fraction of sp³-hybridized carbons (Fsp3) is 0.379. The number of hydrogen-bond acceptors (Lipinski definition) is 8. The van der Waals surface area contributed by atoms with Crippen molar-refractivity contribution in [2.75, 3.05) is 27.3 Å². The Morgan fingerprint density at radius 2 is 1.79 bits per heavy atom. The minimum atomic E-state index is -0.757. The highest BCUT2D eigenvalue weighted by atomic mass is 16.5. The van der Waals surface area contributed by atoms with Crippen molar-refractivity contribution >= 4 is 5.91 Å². The molecule has 1 saturated heterocycles. The summed E-state index contributed by atoms with van der Waals surface area (Å²) < 4.78 is 16.2. The quantitative estimate of drug-likeness (QED) is 0.389. The van der Waals surface area contributed by atoms with E-state index in [9.17, 15) is 19.8 Å². The summed E-state index contributed by atoms with van der Waals surface area (Å²) in [5.41, 5.74) is 1.19. The lowest BCUT2D eigenvalue weighted by molar-refractivity contribution is -0.122. The molecular weight excluding hydrogens is 488 g/mol. The van der Waals surface area contributed by atoms with Gasteiger partial charge in [0.25, 0.3) is 0 Å². The van der Waals surface area contributed by atoms with Gasteiger partial charge >= 0.3 is 0 Å². The highest BCUT2D eigenvalue weighted by Gasteiger charge is 2.28. The third-order valence-corrected chi connectivity index (χ3v) is 6.90. The van der Waals surface area contributed by atoms with Crippen LogP contribution in [0.1, 0.15) is 47.8 Å². The van der Waals surface area contributed by atoms with Gasteiger partial charge in [-0.15, -0.1) is 0 Å². The summed E-state index contributed by atoms with van der Waals surface area (Å²) >= 11 is 0. The summed E-state index contributed by atoms with van der Waals surface area (Å²) in [5, 5.41) is 23.7. The monoisotopic (exact) mass is 522 g/mol. The van der Waals surface area contributed by atoms with Gasteiger partial charge in [0.05, 0.1) is 20.1 Å². The maximum Gasteiger partial charge on any atom is 0.227 e. The van der Waals surface area contributed by atoms with E-state index < -0.39 is 17.1 Å². The van der Waals surface area contributed by atoms with Crippen LogP contribution < -0.4 is 20.2 Å². The fourth-order valence-electron chi connectivity index (χ4n) is 4.83. The molecule has 0 aliphatic carbocycles. The van der Waals surface area contributed by atoms with Gasteiger partial charge in [-0.1, -0.05) is 18.2 Å². The van der Waals surface area contributed by atoms with Crippen LogP contribution in [0, 0.1) is 6.92 Å². The Hall–Kier alpha value is -3.98. The van der Waals surface area contributed by atoms with Crippen LogP contribution in [0.15, 0.2) is 57.7 Å². The lowest BCUT2D eigenvalue weighted by Gasteiger charge is -2.32. The molecule has 9 nitrogen and oxygen atoms in total. The topological polar surface area (TPSA) is 121 Å². The van der Waals surface area contributed by atoms with Crippen LogP contribution >= 0.6 is 0 Å². The van der Waals surface area contributed by atoms with Gasteiger partial charge in [0.2, 0.25) is 17.1 Å². The number of aromatic hydroxyl groups is 2. The Labute approximate surface area is 221 Å². The summed E-state index contributed by atoms with van der Waals surface area (Å²) in [6.45, 7) is 4.14. The molecule has 38 heavy (non-hydrogen) atoms. The van der Waals surface area contributed by atoms with E-state index in [2.05, 4.69) is 22.3 Å². The third-order valence-electron chi connectivity index (χ3n) is 6.90. The predicted molar refractivity (Wildman–Crippen MR) is 142 cm³/mol. The van der Waals surface area contributed by atoms with Gasteiger partial charge in [0, 0.05) is 38.2 Å². The first-order chi connectivity index (χ1) is 18.3. The van der Waals surface area contributed by atoms with Gasteiger partial charge < -0.3 is 29.4 Å². The van der Waals surface area contributed by atoms with Crippen molar-refractivity contribution in [3.8, 4) is 23.0 Å². The Morgan fingerprint density at radius 1 is 1.08 bits per heavy atom. The Bertz CT molecular complexity index is 1310. The van der Waals surface area contributed by atoms with Crippen molar-refractivity contribution in [1.29, 1.82) is 0 Å². The van der Waals surface area contributed by atoms with Crippen LogP contribution in [0.5, 0.6) is 23.0 Å². The fourth-order valence-corrected chi connectivity index (χ4v) is 4.83. The lowest BCUT2D eigenvalue weighted by atomic mass is 9.91. The number of nitrogens with one attached hydrogen (secondary N) is 1. The Morgan fingerprint density at radius 3 is 2.45 bits per heavy atom. The second-order valence-corrected chi connectivity index (χ2v) is 9.59. The molecule has 1 amide bonds. The lowest BCUT2D eigenvalue weighted by Crippen LogP contribution is -2.44. The molecule has 0 saturated carbocycles. The summed E-state index contributed by atoms with van der Waals surface area (Å²) in [5.74, 6) is -0.200. The molecule has 9 heteroatoms. The van der Waals surface area contributed by atoms with E-state index in [4.69, 9.17) is 13.9 Å². The largest absolute Gasteiger partial charge is 0.504 e. The molecule has 0 radical (unpaired) electrons. The van der Waals surface area contributed by atoms with E-state index >= 15 is 0 Å². The number of amides is 1. The van der Waals surface area contributed by atoms with Gasteiger partial charge in [-0.25, -0.2) is 0 Å². The average molecular weight is 523 g/mol. The number of piperidine rings is 1. The smallest absolute Gasteiger partial charge is 0.227 e. The van der Waals surface area contributed by atoms with Crippen molar-refractivity contribution in [3.05, 3.63) is 81.4 Å². The predicted octanol–water partition coefficient (Wildman–Crippen LogP) is 3.68. The van der Waals surface area contributed by atoms with Gasteiger partial charge in [0.1, 0.15) is 11.5 Å². The number of methoxy groups -OCH3 is 2. The van der Waals surface area contributed by atoms with Crippen molar-refractivity contribution in [3.63, 3.8) is 0 Å². The van der Waals surface area contributed by atoms with Crippen molar-refractivity contribution in [2.45, 2.75) is 44.7 Å². The number of ether oxygens (including phenoxy) is 2. The highest BCUT2D eigenvalue weighted by Crippen LogP contribution is 2.37. The Balaban J connectivity index is 1.43. The van der Waals surface area contributed by atoms with Crippen LogP contribution in [0.4, 0.5) is 0 Å². The summed E-state index contributed by atoms with van der Waals surface area (Å²) in [4.78, 5) is 27.8. The molecule has 3 N–H and O–H groups in total. The standard InChI is InChI=1S/C29H34N2O7/c1-18-14-25(33)28(35)29(38-18)23(20-6-9-24(32)26(15-20)37-3)16-27(34)30-21-10-12-31(13-11-21)17-19-4-7-22(36-2)8-5-19/h4-9,14-15,21,23,32,35H,10-13,16-17H2,1-3H3,(H,30,34)/t23-/m1/s1. The molecule has 4 rings (SSSR count). The van der Waals surface area contributed by atoms with Crippen molar-refractivity contribution in [2.24, 2.45) is 0 Å². The minimum absolute atomic E-state index is 0.00667. The van der Waals surface area contributed by atoms with E-state index in [0.717, 1.165) is 38.2 Å². The van der Waals surface area contributed by atoms with Crippen LogP contribution in [-0.4, -0.2) is 54.4 Å². The van der Waals surface area contributed by atoms with Crippen LogP contribution in [-0.2, 0) is 11.3 Å². The maximum absolute atomic E-state index is 13.2. The number of nitrogens with zero attached hydrogens (tertiary/aromatic N) is 1. The van der Waals surface area contributed by atoms with Crippen molar-refractivity contribution < 1.29 is 28.9 Å². The molecule has 0 unspecified atom stereocenters. The number of hydrogen-bond donors (Lipinski definition) is 3. The molecule has 0 spiro atoms. The van der Waals surface area contributed by atoms with Crippen LogP contribution in [0.2, 0.25) is 0 Å². The number of likely N-dealkylation sites (tertiary alicyclic amines) is 1. The maximum atomic E-state index is 13.2. The number of carbonyl (C=O) groups excluding carboxylic acids is 1. The zero-order valence-corrected chi connectivity index (χ0v) is 21.9. The summed E-state index contributed by atoms with van der Waals surface area (Å²) in [7, 11) is 3.07. The molecule has 1 atom stereocenters. The molecular formula is C29H34N2O7. The summed E-state index contributed by atoms with van der Waals surface area (Å²) in [6, 6.07) is 13.9. The van der Waals surface area contributed by atoms with Gasteiger partial charge in [0.15, 0.2) is 17.3 Å². The number of rotatable bonds is 9. The second kappa shape index (κ2) is 12.0. The highest BCUT2D eigenvalue weighted by molar-refractivity contribution is 5.78. The molecule has 0 bridgehead atoms. The molecule has 2 heterocycles. The van der Waals surface area contributed by atoms with E-state index in [0.29, 0.717) is 11.3 Å². The number of phenols is 1. The normalized spacial score (nSPS) is 15.1.